The number of thioether (sulfide) groups is 1. The molecule has 0 fully saturated rings. The lowest BCUT2D eigenvalue weighted by Gasteiger charge is -2.29. The molecule has 0 unspecified atom stereocenters. The number of hydrogen-bond acceptors (Lipinski definition) is 20. The number of carbonyl (C=O) groups excluding carboxylic acids is 13. The number of H-pyrrole nitrogens is 1. The van der Waals surface area contributed by atoms with Crippen LogP contribution in [0.4, 0.5) is 0 Å². The molecule has 109 heavy (non-hydrogen) atoms. The number of nitrogens with one attached hydrogen (secondary N) is 11. The van der Waals surface area contributed by atoms with Gasteiger partial charge in [0, 0.05) is 56.0 Å². The molecule has 0 radical (unpaired) electrons. The number of primary amides is 3. The van der Waals surface area contributed by atoms with Crippen molar-refractivity contribution in [3.63, 3.8) is 0 Å². The van der Waals surface area contributed by atoms with E-state index in [4.69, 9.17) is 63.1 Å². The van der Waals surface area contributed by atoms with Gasteiger partial charge in [0.25, 0.3) is 0 Å². The van der Waals surface area contributed by atoms with E-state index >= 15 is 0 Å². The number of aliphatic imine (C=N–C) groups is 3. The Kier molecular flexibility index (Phi) is 41.1. The number of para-hydroxylation sites is 1. The maximum atomic E-state index is 14.8. The minimum Gasteiger partial charge on any atom is -0.480 e. The molecule has 34 N–H and O–H groups in total. The summed E-state index contributed by atoms with van der Waals surface area (Å²) in [5, 5.41) is 36.1. The van der Waals surface area contributed by atoms with Crippen LogP contribution in [0.3, 0.4) is 0 Å². The van der Waals surface area contributed by atoms with Crippen LogP contribution in [-0.4, -0.2) is 215 Å². The molecular formula is C68H109N25O15S. The van der Waals surface area contributed by atoms with E-state index in [9.17, 15) is 72.2 Å². The minimum absolute atomic E-state index is 0.0417. The first kappa shape index (κ1) is 91.8. The summed E-state index contributed by atoms with van der Waals surface area (Å²) in [6.07, 6.45) is 0.360. The van der Waals surface area contributed by atoms with E-state index in [1.165, 1.54) is 11.8 Å². The van der Waals surface area contributed by atoms with Gasteiger partial charge in [-0.1, -0.05) is 62.4 Å². The second kappa shape index (κ2) is 48.8. The number of benzene rings is 2. The Bertz CT molecular complexity index is 3640. The Balaban J connectivity index is 2.04. The van der Waals surface area contributed by atoms with Crippen molar-refractivity contribution in [2.75, 3.05) is 38.2 Å². The molecule has 1 heterocycles. The van der Waals surface area contributed by atoms with E-state index in [0.29, 0.717) is 28.5 Å². The van der Waals surface area contributed by atoms with Gasteiger partial charge in [-0.25, -0.2) is 4.79 Å². The molecule has 1 aromatic heterocycles. The van der Waals surface area contributed by atoms with Gasteiger partial charge in [0.2, 0.25) is 76.8 Å². The Morgan fingerprint density at radius 2 is 0.817 bits per heavy atom. The molecule has 3 aromatic rings. The van der Waals surface area contributed by atoms with E-state index < -0.39 is 181 Å². The van der Waals surface area contributed by atoms with Crippen LogP contribution in [0.1, 0.15) is 121 Å². The molecule has 0 aliphatic heterocycles. The van der Waals surface area contributed by atoms with Crippen molar-refractivity contribution in [2.45, 2.75) is 189 Å². The predicted molar refractivity (Wildman–Crippen MR) is 408 cm³/mol. The third-order valence-corrected chi connectivity index (χ3v) is 17.5. The summed E-state index contributed by atoms with van der Waals surface area (Å²) in [4.78, 5) is 208. The van der Waals surface area contributed by atoms with Crippen LogP contribution in [0, 0.1) is 5.92 Å². The van der Waals surface area contributed by atoms with Gasteiger partial charge in [0.1, 0.15) is 60.4 Å². The molecule has 0 aliphatic carbocycles. The van der Waals surface area contributed by atoms with Gasteiger partial charge < -0.3 is 126 Å². The maximum absolute atomic E-state index is 14.8. The zero-order valence-corrected chi connectivity index (χ0v) is 62.3. The van der Waals surface area contributed by atoms with E-state index in [1.54, 1.807) is 80.9 Å². The fourth-order valence-corrected chi connectivity index (χ4v) is 11.5. The lowest BCUT2D eigenvalue weighted by molar-refractivity contribution is -0.143. The van der Waals surface area contributed by atoms with Crippen molar-refractivity contribution in [1.29, 1.82) is 0 Å². The van der Waals surface area contributed by atoms with E-state index in [2.05, 4.69) is 73.1 Å². The Labute approximate surface area is 634 Å². The van der Waals surface area contributed by atoms with Gasteiger partial charge in [0.15, 0.2) is 17.9 Å². The molecule has 0 spiro atoms. The maximum Gasteiger partial charge on any atom is 0.326 e. The fraction of sp³-hybridized carbons (Fsp3) is 0.544. The number of rotatable bonds is 53. The van der Waals surface area contributed by atoms with Gasteiger partial charge >= 0.3 is 5.97 Å². The number of carboxylic acids is 1. The van der Waals surface area contributed by atoms with Crippen LogP contribution in [0.2, 0.25) is 0 Å². The Morgan fingerprint density at radius 1 is 0.431 bits per heavy atom. The summed E-state index contributed by atoms with van der Waals surface area (Å²) in [5.41, 5.74) is 63.7. The van der Waals surface area contributed by atoms with Gasteiger partial charge in [-0.3, -0.25) is 77.3 Å². The number of nitrogens with two attached hydrogens (primary N) is 11. The molecule has 13 amide bonds. The molecule has 40 nitrogen and oxygen atoms in total. The highest BCUT2D eigenvalue weighted by Gasteiger charge is 2.38. The molecule has 602 valence electrons. The van der Waals surface area contributed by atoms with Gasteiger partial charge in [-0.05, 0) is 125 Å². The normalized spacial score (nSPS) is 14.0. The number of unbranched alkanes of at least 4 members (excludes halogenated alkanes) is 1. The largest absolute Gasteiger partial charge is 0.480 e. The Morgan fingerprint density at radius 3 is 1.26 bits per heavy atom. The first-order valence-electron chi connectivity index (χ1n) is 35.5. The lowest BCUT2D eigenvalue weighted by atomic mass is 10.0. The Hall–Kier alpha value is -11.4. The van der Waals surface area contributed by atoms with E-state index in [0.717, 1.165) is 0 Å². The fourth-order valence-electron chi connectivity index (χ4n) is 11.0. The molecule has 0 saturated carbocycles. The quantitative estimate of drug-likeness (QED) is 0.0142. The highest BCUT2D eigenvalue weighted by atomic mass is 32.2. The average Bonchev–Trinajstić information content (AvgIpc) is 1.69. The standard InChI is InChI=1S/C68H109N25O15S/c1-36(2)54(64(106)90-48(65(107)108)21-13-30-82-68(78)79)93-61(103)42(18-9-10-27-69)85-56(98)43(19-11-28-80-66(74)75)87-60(102)47(26-31-109-3)89-63(105)50(34-53(73)96)92-57(99)44(20-12-29-81-67(76)77)86-58(100)46(23-25-52(72)95)88-62(104)49(33-38-35-83-41-17-8-7-16-39(38)41)91-59(101)45(22-24-51(71)94)84-55(97)40(70)32-37-14-5-4-6-15-37/h4-8,14-17,35-36,40,42-50,54,83H,9-13,18-34,69-70H2,1-3H3,(H2,71,94)(H2,72,95)(H2,73,96)(H,84,97)(H,85,98)(H,86,100)(H,87,102)(H,88,104)(H,89,105)(H,90,106)(H,91,101)(H,92,99)(H,93,103)(H,107,108)(H4,74,75,80)(H4,76,77,81)(H4,78,79,82)/t40-,42-,43-,44-,45-,46-,47-,48-,49-,50-,54-/m0/s1. The first-order valence-corrected chi connectivity index (χ1v) is 36.8. The molecule has 0 saturated heterocycles. The molecular weight excluding hydrogens is 1440 g/mol. The highest BCUT2D eigenvalue weighted by molar-refractivity contribution is 7.98. The number of hydrogen-bond donors (Lipinski definition) is 23. The van der Waals surface area contributed by atoms with Crippen molar-refractivity contribution < 1.29 is 72.2 Å². The van der Waals surface area contributed by atoms with Crippen LogP contribution in [0.5, 0.6) is 0 Å². The number of guanidine groups is 3. The molecule has 3 rings (SSSR count). The number of carbonyl (C=O) groups is 14. The summed E-state index contributed by atoms with van der Waals surface area (Å²) in [7, 11) is 0. The summed E-state index contributed by atoms with van der Waals surface area (Å²) < 4.78 is 0. The third kappa shape index (κ3) is 35.3. The minimum atomic E-state index is -1.91. The van der Waals surface area contributed by atoms with Crippen LogP contribution < -0.4 is 116 Å². The number of carboxylic acid groups (broad SMARTS) is 1. The zero-order chi connectivity index (χ0) is 81.3. The highest BCUT2D eigenvalue weighted by Crippen LogP contribution is 2.21. The second-order valence-electron chi connectivity index (χ2n) is 26.1. The van der Waals surface area contributed by atoms with Crippen LogP contribution in [0.15, 0.2) is 75.8 Å². The zero-order valence-electron chi connectivity index (χ0n) is 61.5. The van der Waals surface area contributed by atoms with Crippen LogP contribution in [0.25, 0.3) is 10.9 Å². The smallest absolute Gasteiger partial charge is 0.326 e. The predicted octanol–water partition coefficient (Wildman–Crippen LogP) is -6.68. The monoisotopic (exact) mass is 1550 g/mol. The summed E-state index contributed by atoms with van der Waals surface area (Å²) in [5.74, 6) is -15.4. The molecule has 11 atom stereocenters. The van der Waals surface area contributed by atoms with E-state index in [-0.39, 0.29) is 127 Å². The number of fused-ring (bicyclic) bond motifs is 1. The number of amides is 13. The van der Waals surface area contributed by atoms with Crippen LogP contribution in [-0.2, 0) is 80.0 Å². The summed E-state index contributed by atoms with van der Waals surface area (Å²) >= 11 is 1.25. The van der Waals surface area contributed by atoms with Crippen LogP contribution >= 0.6 is 11.8 Å². The molecule has 0 bridgehead atoms. The van der Waals surface area contributed by atoms with Gasteiger partial charge in [0.05, 0.1) is 12.5 Å². The summed E-state index contributed by atoms with van der Waals surface area (Å²) in [6.45, 7) is 3.27. The number of aliphatic carboxylic acids is 1. The molecule has 2 aromatic carbocycles. The molecule has 41 heteroatoms. The van der Waals surface area contributed by atoms with Gasteiger partial charge in [-0.15, -0.1) is 0 Å². The first-order chi connectivity index (χ1) is 51.6. The van der Waals surface area contributed by atoms with Gasteiger partial charge in [-0.2, -0.15) is 11.8 Å². The summed E-state index contributed by atoms with van der Waals surface area (Å²) in [6, 6.07) is -1.12. The van der Waals surface area contributed by atoms with E-state index in [1.807, 2.05) is 0 Å². The number of aromatic amines is 1. The van der Waals surface area contributed by atoms with Crippen molar-refractivity contribution in [1.82, 2.24) is 58.2 Å². The number of aromatic nitrogens is 1. The van der Waals surface area contributed by atoms with Crippen molar-refractivity contribution in [2.24, 2.45) is 84.0 Å². The lowest BCUT2D eigenvalue weighted by Crippen LogP contribution is -2.61. The third-order valence-electron chi connectivity index (χ3n) is 16.8. The SMILES string of the molecule is CSCC[C@H](NC(=O)[C@H](CC(N)=O)NC(=O)[C@H](CCCN=C(N)N)NC(=O)[C@H](CCC(N)=O)NC(=O)[C@H](Cc1c[nH]c2ccccc12)NC(=O)[C@H](CCC(N)=O)NC(=O)[C@@H](N)Cc1ccccc1)C(=O)N[C@@H](CCCN=C(N)N)C(=O)N[C@@H](CCCCN)C(=O)N[C@H](C(=O)N[C@@H](CCCN=C(N)N)C(=O)O)C(C)C. The second-order valence-corrected chi connectivity index (χ2v) is 27.1. The van der Waals surface area contributed by atoms with Crippen molar-refractivity contribution in [3.05, 3.63) is 71.9 Å². The topological polar surface area (TPSA) is 719 Å². The number of nitrogens with zero attached hydrogens (tertiary/aromatic N) is 3. The molecule has 0 aliphatic rings. The average molecular weight is 1550 g/mol. The van der Waals surface area contributed by atoms with Crippen molar-refractivity contribution >= 4 is 123 Å². The van der Waals surface area contributed by atoms with Crippen molar-refractivity contribution in [3.8, 4) is 0 Å².